The number of nitrogens with zero attached hydrogens (tertiary/aromatic N) is 3. The number of amides is 2. The fourth-order valence-corrected chi connectivity index (χ4v) is 1.53. The van der Waals surface area contributed by atoms with E-state index in [1.165, 1.54) is 0 Å². The number of rotatable bonds is 2. The van der Waals surface area contributed by atoms with E-state index < -0.39 is 0 Å². The predicted molar refractivity (Wildman–Crippen MR) is 56.8 cm³/mol. The predicted octanol–water partition coefficient (Wildman–Crippen LogP) is 0.568. The summed E-state index contributed by atoms with van der Waals surface area (Å²) < 4.78 is 0. The number of nitrogens with one attached hydrogen (secondary N) is 2. The molecule has 1 aromatic rings. The summed E-state index contributed by atoms with van der Waals surface area (Å²) in [6.45, 7) is 3.00. The van der Waals surface area contributed by atoms with Crippen LogP contribution in [0.4, 0.5) is 16.6 Å². The van der Waals surface area contributed by atoms with E-state index in [0.717, 1.165) is 5.56 Å². The number of carbonyl (C=O) groups excluding carboxylic acids is 1. The Balaban J connectivity index is 2.45. The lowest BCUT2D eigenvalue weighted by atomic mass is 10.2. The quantitative estimate of drug-likeness (QED) is 0.743. The smallest absolute Gasteiger partial charge is 0.323 e. The second-order valence-corrected chi connectivity index (χ2v) is 3.20. The van der Waals surface area contributed by atoms with Crippen LogP contribution in [0.15, 0.2) is 6.20 Å². The van der Waals surface area contributed by atoms with Crippen LogP contribution < -0.4 is 15.5 Å². The second-order valence-electron chi connectivity index (χ2n) is 3.20. The van der Waals surface area contributed by atoms with Gasteiger partial charge in [-0.1, -0.05) is 0 Å². The van der Waals surface area contributed by atoms with E-state index >= 15 is 0 Å². The monoisotopic (exact) mass is 207 g/mol. The Labute approximate surface area is 87.7 Å². The van der Waals surface area contributed by atoms with Crippen molar-refractivity contribution in [1.29, 1.82) is 0 Å². The van der Waals surface area contributed by atoms with Gasteiger partial charge in [0.15, 0.2) is 0 Å². The minimum Gasteiger partial charge on any atom is -0.357 e. The molecule has 15 heavy (non-hydrogen) atoms. The molecule has 0 fully saturated rings. The minimum atomic E-state index is -0.106. The van der Waals surface area contributed by atoms with E-state index in [1.807, 2.05) is 6.92 Å². The summed E-state index contributed by atoms with van der Waals surface area (Å²) in [5.41, 5.74) is 0.940. The standard InChI is InChI=1S/C9H13N5O/c1-3-14-7-6(5-12-9(14)15)4-11-8(10-2)13-7/h4H,3,5H2,1-2H3,(H,12,15)(H,10,11,13). The fraction of sp³-hybridized carbons (Fsp3) is 0.444. The van der Waals surface area contributed by atoms with Gasteiger partial charge in [-0.05, 0) is 6.92 Å². The molecule has 80 valence electrons. The summed E-state index contributed by atoms with van der Waals surface area (Å²) >= 11 is 0. The third kappa shape index (κ3) is 1.58. The lowest BCUT2D eigenvalue weighted by Gasteiger charge is -2.27. The first-order chi connectivity index (χ1) is 7.26. The van der Waals surface area contributed by atoms with Crippen LogP contribution in [0.1, 0.15) is 12.5 Å². The van der Waals surface area contributed by atoms with Gasteiger partial charge in [-0.3, -0.25) is 4.90 Å². The number of urea groups is 1. The van der Waals surface area contributed by atoms with Crippen molar-refractivity contribution in [3.05, 3.63) is 11.8 Å². The van der Waals surface area contributed by atoms with Crippen LogP contribution in [-0.2, 0) is 6.54 Å². The molecular weight excluding hydrogens is 194 g/mol. The topological polar surface area (TPSA) is 70.2 Å². The van der Waals surface area contributed by atoms with Crippen molar-refractivity contribution in [3.63, 3.8) is 0 Å². The first-order valence-corrected chi connectivity index (χ1v) is 4.85. The third-order valence-electron chi connectivity index (χ3n) is 2.31. The molecule has 6 heteroatoms. The molecule has 2 rings (SSSR count). The Hall–Kier alpha value is -1.85. The molecule has 0 saturated heterocycles. The summed E-state index contributed by atoms with van der Waals surface area (Å²) in [6, 6.07) is -0.106. The second kappa shape index (κ2) is 3.72. The molecule has 0 aromatic carbocycles. The Morgan fingerprint density at radius 3 is 3.13 bits per heavy atom. The largest absolute Gasteiger partial charge is 0.357 e. The maximum atomic E-state index is 11.5. The van der Waals surface area contributed by atoms with Crippen LogP contribution in [0, 0.1) is 0 Å². The highest BCUT2D eigenvalue weighted by atomic mass is 16.2. The van der Waals surface area contributed by atoms with Crippen molar-refractivity contribution in [1.82, 2.24) is 15.3 Å². The SMILES string of the molecule is CCN1C(=O)NCc2cnc(NC)nc21. The molecule has 1 aliphatic rings. The van der Waals surface area contributed by atoms with Crippen molar-refractivity contribution in [3.8, 4) is 0 Å². The summed E-state index contributed by atoms with van der Waals surface area (Å²) in [4.78, 5) is 21.5. The van der Waals surface area contributed by atoms with Crippen LogP contribution in [0.2, 0.25) is 0 Å². The van der Waals surface area contributed by atoms with Crippen LogP contribution in [0.25, 0.3) is 0 Å². The van der Waals surface area contributed by atoms with Crippen LogP contribution in [-0.4, -0.2) is 29.6 Å². The van der Waals surface area contributed by atoms with E-state index in [-0.39, 0.29) is 6.03 Å². The summed E-state index contributed by atoms with van der Waals surface area (Å²) in [5.74, 6) is 1.22. The van der Waals surface area contributed by atoms with Gasteiger partial charge in [0, 0.05) is 31.9 Å². The van der Waals surface area contributed by atoms with Crippen molar-refractivity contribution in [2.45, 2.75) is 13.5 Å². The minimum absolute atomic E-state index is 0.106. The van der Waals surface area contributed by atoms with Gasteiger partial charge in [0.2, 0.25) is 5.95 Å². The van der Waals surface area contributed by atoms with E-state index in [4.69, 9.17) is 0 Å². The average molecular weight is 207 g/mol. The van der Waals surface area contributed by atoms with Gasteiger partial charge < -0.3 is 10.6 Å². The Bertz CT molecular complexity index is 392. The molecule has 0 radical (unpaired) electrons. The Morgan fingerprint density at radius 2 is 2.47 bits per heavy atom. The summed E-state index contributed by atoms with van der Waals surface area (Å²) in [7, 11) is 1.75. The number of carbonyl (C=O) groups is 1. The maximum Gasteiger partial charge on any atom is 0.323 e. The molecule has 0 saturated carbocycles. The van der Waals surface area contributed by atoms with E-state index in [0.29, 0.717) is 24.9 Å². The zero-order chi connectivity index (χ0) is 10.8. The molecular formula is C9H13N5O. The van der Waals surface area contributed by atoms with Gasteiger partial charge in [-0.25, -0.2) is 9.78 Å². The van der Waals surface area contributed by atoms with Crippen molar-refractivity contribution >= 4 is 17.8 Å². The highest BCUT2D eigenvalue weighted by Gasteiger charge is 2.24. The molecule has 2 amide bonds. The zero-order valence-corrected chi connectivity index (χ0v) is 8.74. The first kappa shape index (κ1) is 9.70. The van der Waals surface area contributed by atoms with Crippen LogP contribution in [0.5, 0.6) is 0 Å². The average Bonchev–Trinajstić information content (AvgIpc) is 2.28. The molecule has 0 spiro atoms. The lowest BCUT2D eigenvalue weighted by molar-refractivity contribution is 0.244. The summed E-state index contributed by atoms with van der Waals surface area (Å²) in [6.07, 6.45) is 1.73. The molecule has 2 N–H and O–H groups in total. The van der Waals surface area contributed by atoms with Gasteiger partial charge in [0.1, 0.15) is 5.82 Å². The number of anilines is 2. The molecule has 0 unspecified atom stereocenters. The van der Waals surface area contributed by atoms with Gasteiger partial charge in [-0.2, -0.15) is 4.98 Å². The van der Waals surface area contributed by atoms with E-state index in [9.17, 15) is 4.79 Å². The Kier molecular flexibility index (Phi) is 2.40. The molecule has 6 nitrogen and oxygen atoms in total. The summed E-state index contributed by atoms with van der Waals surface area (Å²) in [5, 5.41) is 5.62. The van der Waals surface area contributed by atoms with E-state index in [1.54, 1.807) is 18.1 Å². The van der Waals surface area contributed by atoms with Gasteiger partial charge in [0.05, 0.1) is 0 Å². The number of hydrogen-bond acceptors (Lipinski definition) is 4. The molecule has 1 aliphatic heterocycles. The number of hydrogen-bond donors (Lipinski definition) is 2. The fourth-order valence-electron chi connectivity index (χ4n) is 1.53. The van der Waals surface area contributed by atoms with Crippen LogP contribution >= 0.6 is 0 Å². The number of fused-ring (bicyclic) bond motifs is 1. The van der Waals surface area contributed by atoms with Crippen molar-refractivity contribution in [2.24, 2.45) is 0 Å². The van der Waals surface area contributed by atoms with Crippen molar-refractivity contribution < 1.29 is 4.79 Å². The maximum absolute atomic E-state index is 11.5. The lowest BCUT2D eigenvalue weighted by Crippen LogP contribution is -2.44. The Morgan fingerprint density at radius 1 is 1.67 bits per heavy atom. The zero-order valence-electron chi connectivity index (χ0n) is 8.74. The molecule has 0 aliphatic carbocycles. The third-order valence-corrected chi connectivity index (χ3v) is 2.31. The van der Waals surface area contributed by atoms with E-state index in [2.05, 4.69) is 20.6 Å². The van der Waals surface area contributed by atoms with Gasteiger partial charge in [-0.15, -0.1) is 0 Å². The molecule has 2 heterocycles. The molecule has 0 atom stereocenters. The molecule has 0 bridgehead atoms. The van der Waals surface area contributed by atoms with Crippen LogP contribution in [0.3, 0.4) is 0 Å². The van der Waals surface area contributed by atoms with Gasteiger partial charge >= 0.3 is 6.03 Å². The normalized spacial score (nSPS) is 14.5. The first-order valence-electron chi connectivity index (χ1n) is 4.85. The highest BCUT2D eigenvalue weighted by molar-refractivity contribution is 5.93. The molecule has 1 aromatic heterocycles. The van der Waals surface area contributed by atoms with Crippen molar-refractivity contribution in [2.75, 3.05) is 23.8 Å². The number of aromatic nitrogens is 2. The highest BCUT2D eigenvalue weighted by Crippen LogP contribution is 2.21. The van der Waals surface area contributed by atoms with Gasteiger partial charge in [0.25, 0.3) is 0 Å².